The van der Waals surface area contributed by atoms with Crippen molar-refractivity contribution in [2.75, 3.05) is 6.54 Å². The minimum atomic E-state index is -1.17. The van der Waals surface area contributed by atoms with E-state index in [0.717, 1.165) is 4.68 Å². The predicted molar refractivity (Wildman–Crippen MR) is 84.9 cm³/mol. The third-order valence-corrected chi connectivity index (χ3v) is 3.61. The van der Waals surface area contributed by atoms with E-state index < -0.39 is 17.9 Å². The number of carboxylic acids is 1. The highest BCUT2D eigenvalue weighted by Gasteiger charge is 2.27. The van der Waals surface area contributed by atoms with Gasteiger partial charge in [0.15, 0.2) is 0 Å². The molecule has 2 aromatic rings. The Morgan fingerprint density at radius 3 is 2.67 bits per heavy atom. The van der Waals surface area contributed by atoms with Crippen molar-refractivity contribution >= 4 is 22.8 Å². The van der Waals surface area contributed by atoms with Gasteiger partial charge in [-0.2, -0.15) is 4.68 Å². The van der Waals surface area contributed by atoms with Crippen LogP contribution >= 0.6 is 0 Å². The van der Waals surface area contributed by atoms with Crippen molar-refractivity contribution in [1.29, 1.82) is 0 Å². The molecule has 24 heavy (non-hydrogen) atoms. The lowest BCUT2D eigenvalue weighted by molar-refractivity contribution is -0.305. The van der Waals surface area contributed by atoms with Crippen LogP contribution < -0.4 is 16.0 Å². The SMILES string of the molecule is CC(C)[C@@H](C(=O)NCCCC(=O)[O-])n1nnc2ccccc2c1=O. The zero-order valence-electron chi connectivity index (χ0n) is 13.6. The lowest BCUT2D eigenvalue weighted by Crippen LogP contribution is -2.42. The highest BCUT2D eigenvalue weighted by Crippen LogP contribution is 2.16. The fraction of sp³-hybridized carbons (Fsp3) is 0.438. The van der Waals surface area contributed by atoms with Crippen molar-refractivity contribution in [1.82, 2.24) is 20.3 Å². The number of aliphatic carboxylic acids is 1. The van der Waals surface area contributed by atoms with E-state index in [1.807, 2.05) is 0 Å². The van der Waals surface area contributed by atoms with Gasteiger partial charge in [-0.1, -0.05) is 31.2 Å². The van der Waals surface area contributed by atoms with E-state index in [0.29, 0.717) is 10.9 Å². The van der Waals surface area contributed by atoms with Crippen LogP contribution in [0.15, 0.2) is 29.1 Å². The van der Waals surface area contributed by atoms with Crippen LogP contribution in [0.2, 0.25) is 0 Å². The molecule has 8 heteroatoms. The molecule has 1 aromatic carbocycles. The van der Waals surface area contributed by atoms with Gasteiger partial charge in [-0.05, 0) is 30.9 Å². The van der Waals surface area contributed by atoms with Gasteiger partial charge in [-0.15, -0.1) is 5.10 Å². The average Bonchev–Trinajstić information content (AvgIpc) is 2.54. The zero-order valence-corrected chi connectivity index (χ0v) is 13.6. The third-order valence-electron chi connectivity index (χ3n) is 3.61. The van der Waals surface area contributed by atoms with Gasteiger partial charge in [0.2, 0.25) is 5.91 Å². The van der Waals surface area contributed by atoms with E-state index in [1.54, 1.807) is 38.1 Å². The molecule has 0 saturated carbocycles. The number of nitrogens with zero attached hydrogens (tertiary/aromatic N) is 3. The van der Waals surface area contributed by atoms with Crippen molar-refractivity contribution in [2.45, 2.75) is 32.7 Å². The first kappa shape index (κ1) is 17.6. The predicted octanol–water partition coefficient (Wildman–Crippen LogP) is -0.365. The molecule has 2 rings (SSSR count). The molecular formula is C16H19N4O4-. The number of benzene rings is 1. The number of hydrogen-bond acceptors (Lipinski definition) is 6. The molecule has 128 valence electrons. The Labute approximate surface area is 138 Å². The van der Waals surface area contributed by atoms with E-state index in [1.165, 1.54) is 0 Å². The number of nitrogens with one attached hydrogen (secondary N) is 1. The Kier molecular flexibility index (Phi) is 5.62. The van der Waals surface area contributed by atoms with E-state index in [-0.39, 0.29) is 30.9 Å². The largest absolute Gasteiger partial charge is 0.550 e. The number of carbonyl (C=O) groups is 2. The maximum atomic E-state index is 12.6. The van der Waals surface area contributed by atoms with E-state index in [2.05, 4.69) is 15.6 Å². The first-order chi connectivity index (χ1) is 11.4. The summed E-state index contributed by atoms with van der Waals surface area (Å²) in [6, 6.07) is 5.97. The van der Waals surface area contributed by atoms with Gasteiger partial charge in [0.05, 0.1) is 5.39 Å². The first-order valence-corrected chi connectivity index (χ1v) is 7.73. The monoisotopic (exact) mass is 331 g/mol. The second kappa shape index (κ2) is 7.67. The van der Waals surface area contributed by atoms with Crippen LogP contribution in [-0.4, -0.2) is 33.4 Å². The number of fused-ring (bicyclic) bond motifs is 1. The van der Waals surface area contributed by atoms with Crippen molar-refractivity contribution in [3.8, 4) is 0 Å². The molecule has 1 heterocycles. The minimum Gasteiger partial charge on any atom is -0.550 e. The van der Waals surface area contributed by atoms with Gasteiger partial charge in [0.25, 0.3) is 5.56 Å². The molecule has 0 aliphatic heterocycles. The molecule has 0 bridgehead atoms. The van der Waals surface area contributed by atoms with Crippen molar-refractivity contribution < 1.29 is 14.7 Å². The summed E-state index contributed by atoms with van der Waals surface area (Å²) in [5, 5.41) is 21.3. The highest BCUT2D eigenvalue weighted by molar-refractivity contribution is 5.81. The van der Waals surface area contributed by atoms with Crippen LogP contribution in [-0.2, 0) is 9.59 Å². The molecule has 0 aliphatic rings. The number of hydrogen-bond donors (Lipinski definition) is 1. The quantitative estimate of drug-likeness (QED) is 0.692. The molecule has 1 N–H and O–H groups in total. The zero-order chi connectivity index (χ0) is 17.7. The molecular weight excluding hydrogens is 312 g/mol. The summed E-state index contributed by atoms with van der Waals surface area (Å²) < 4.78 is 1.08. The number of rotatable bonds is 7. The van der Waals surface area contributed by atoms with Gasteiger partial charge in [-0.3, -0.25) is 9.59 Å². The smallest absolute Gasteiger partial charge is 0.278 e. The summed E-state index contributed by atoms with van der Waals surface area (Å²) in [6.45, 7) is 3.79. The third kappa shape index (κ3) is 3.95. The molecule has 0 radical (unpaired) electrons. The lowest BCUT2D eigenvalue weighted by atomic mass is 10.0. The lowest BCUT2D eigenvalue weighted by Gasteiger charge is -2.21. The van der Waals surface area contributed by atoms with Gasteiger partial charge in [0, 0.05) is 12.5 Å². The van der Waals surface area contributed by atoms with Gasteiger partial charge < -0.3 is 15.2 Å². The van der Waals surface area contributed by atoms with Crippen LogP contribution in [0.5, 0.6) is 0 Å². The maximum absolute atomic E-state index is 12.6. The fourth-order valence-corrected chi connectivity index (χ4v) is 2.43. The van der Waals surface area contributed by atoms with Crippen LogP contribution in [0.3, 0.4) is 0 Å². The van der Waals surface area contributed by atoms with E-state index >= 15 is 0 Å². The standard InChI is InChI=1S/C16H20N4O4/c1-10(2)14(15(23)17-9-5-8-13(21)22)20-16(24)11-6-3-4-7-12(11)18-19-20/h3-4,6-7,10,14H,5,8-9H2,1-2H3,(H,17,23)(H,21,22)/p-1/t14-/m0/s1. The van der Waals surface area contributed by atoms with Gasteiger partial charge >= 0.3 is 0 Å². The molecule has 8 nitrogen and oxygen atoms in total. The Bertz CT molecular complexity index is 800. The molecule has 0 fully saturated rings. The summed E-state index contributed by atoms with van der Waals surface area (Å²) in [5.41, 5.74) is 0.0832. The molecule has 1 atom stereocenters. The van der Waals surface area contributed by atoms with Crippen molar-refractivity contribution in [2.24, 2.45) is 5.92 Å². The molecule has 1 aromatic heterocycles. The van der Waals surface area contributed by atoms with Crippen LogP contribution in [0.4, 0.5) is 0 Å². The molecule has 0 unspecified atom stereocenters. The summed E-state index contributed by atoms with van der Waals surface area (Å²) in [7, 11) is 0. The number of carbonyl (C=O) groups excluding carboxylic acids is 2. The Balaban J connectivity index is 2.24. The molecule has 0 aliphatic carbocycles. The van der Waals surface area contributed by atoms with Crippen molar-refractivity contribution in [3.05, 3.63) is 34.6 Å². The molecule has 1 amide bonds. The van der Waals surface area contributed by atoms with E-state index in [4.69, 9.17) is 0 Å². The van der Waals surface area contributed by atoms with E-state index in [9.17, 15) is 19.5 Å². The Morgan fingerprint density at radius 2 is 2.00 bits per heavy atom. The normalized spacial score (nSPS) is 12.3. The van der Waals surface area contributed by atoms with Gasteiger partial charge in [-0.25, -0.2) is 0 Å². The average molecular weight is 331 g/mol. The van der Waals surface area contributed by atoms with Crippen LogP contribution in [0.25, 0.3) is 10.9 Å². The van der Waals surface area contributed by atoms with Crippen LogP contribution in [0.1, 0.15) is 32.7 Å². The number of carboxylic acid groups (broad SMARTS) is 1. The second-order valence-electron chi connectivity index (χ2n) is 5.81. The second-order valence-corrected chi connectivity index (χ2v) is 5.81. The number of amides is 1. The summed E-state index contributed by atoms with van der Waals surface area (Å²) in [4.78, 5) is 35.4. The summed E-state index contributed by atoms with van der Waals surface area (Å²) >= 11 is 0. The Hall–Kier alpha value is -2.77. The maximum Gasteiger partial charge on any atom is 0.278 e. The first-order valence-electron chi connectivity index (χ1n) is 7.73. The topological polar surface area (TPSA) is 117 Å². The Morgan fingerprint density at radius 1 is 1.29 bits per heavy atom. The van der Waals surface area contributed by atoms with Gasteiger partial charge in [0.1, 0.15) is 11.6 Å². The van der Waals surface area contributed by atoms with Crippen molar-refractivity contribution in [3.63, 3.8) is 0 Å². The fourth-order valence-electron chi connectivity index (χ4n) is 2.43. The molecule has 0 saturated heterocycles. The molecule has 0 spiro atoms. The van der Waals surface area contributed by atoms with Crippen LogP contribution in [0, 0.1) is 5.92 Å². The summed E-state index contributed by atoms with van der Waals surface area (Å²) in [6.07, 6.45) is 0.125. The minimum absolute atomic E-state index is 0.137. The highest BCUT2D eigenvalue weighted by atomic mass is 16.4. The number of aromatic nitrogens is 3. The summed E-state index contributed by atoms with van der Waals surface area (Å²) in [5.74, 6) is -1.75.